The Morgan fingerprint density at radius 2 is 1.56 bits per heavy atom. The third kappa shape index (κ3) is 4.34. The predicted molar refractivity (Wildman–Crippen MR) is 136 cm³/mol. The average molecular weight is 456 g/mol. The van der Waals surface area contributed by atoms with Crippen LogP contribution in [0.25, 0.3) is 27.7 Å². The van der Waals surface area contributed by atoms with Crippen LogP contribution in [0, 0.1) is 0 Å². The normalized spacial score (nSPS) is 11.7. The lowest BCUT2D eigenvalue weighted by Crippen LogP contribution is -2.10. The van der Waals surface area contributed by atoms with E-state index in [0.717, 1.165) is 11.1 Å². The Bertz CT molecular complexity index is 1350. The Balaban J connectivity index is 1.87. The van der Waals surface area contributed by atoms with Gasteiger partial charge in [-0.15, -0.1) is 0 Å². The van der Waals surface area contributed by atoms with E-state index in [1.165, 1.54) is 5.56 Å². The van der Waals surface area contributed by atoms with E-state index in [1.54, 1.807) is 28.8 Å². The summed E-state index contributed by atoms with van der Waals surface area (Å²) in [6, 6.07) is 21.3. The van der Waals surface area contributed by atoms with Crippen LogP contribution in [0.5, 0.6) is 5.75 Å². The van der Waals surface area contributed by atoms with Crippen molar-refractivity contribution in [2.45, 2.75) is 46.1 Å². The first kappa shape index (κ1) is 23.3. The Hall–Kier alpha value is -3.86. The highest BCUT2D eigenvalue weighted by Crippen LogP contribution is 2.34. The van der Waals surface area contributed by atoms with Gasteiger partial charge < -0.3 is 14.4 Å². The summed E-state index contributed by atoms with van der Waals surface area (Å²) in [5.41, 5.74) is 4.63. The number of hydrogen-bond donors (Lipinski definition) is 1. The second kappa shape index (κ2) is 8.82. The lowest BCUT2D eigenvalue weighted by atomic mass is 9.86. The number of carboxylic acids is 1. The van der Waals surface area contributed by atoms with Crippen molar-refractivity contribution in [3.8, 4) is 22.6 Å². The largest absolute Gasteiger partial charge is 0.491 e. The molecule has 0 atom stereocenters. The highest BCUT2D eigenvalue weighted by Gasteiger charge is 2.24. The number of benzene rings is 3. The number of ether oxygens (including phenoxy) is 1. The van der Waals surface area contributed by atoms with Gasteiger partial charge in [-0.3, -0.25) is 4.79 Å². The van der Waals surface area contributed by atoms with E-state index in [4.69, 9.17) is 4.74 Å². The molecule has 34 heavy (non-hydrogen) atoms. The molecule has 0 bridgehead atoms. The van der Waals surface area contributed by atoms with E-state index in [2.05, 4.69) is 45.0 Å². The quantitative estimate of drug-likeness (QED) is 0.321. The molecule has 0 saturated heterocycles. The van der Waals surface area contributed by atoms with E-state index in [-0.39, 0.29) is 22.8 Å². The first-order valence-electron chi connectivity index (χ1n) is 11.3. The summed E-state index contributed by atoms with van der Waals surface area (Å²) in [7, 11) is 0. The van der Waals surface area contributed by atoms with Crippen LogP contribution in [0.2, 0.25) is 0 Å². The number of fused-ring (bicyclic) bond motifs is 1. The molecule has 5 nitrogen and oxygen atoms in total. The summed E-state index contributed by atoms with van der Waals surface area (Å²) in [6.45, 7) is 10.4. The zero-order chi connectivity index (χ0) is 24.6. The summed E-state index contributed by atoms with van der Waals surface area (Å²) in [4.78, 5) is 24.3. The molecular formula is C29H29NO4. The van der Waals surface area contributed by atoms with Gasteiger partial charge in [0.05, 0.1) is 17.2 Å². The second-order valence-corrected chi connectivity index (χ2v) is 9.74. The maximum atomic E-state index is 12.2. The smallest absolute Gasteiger partial charge is 0.353 e. The van der Waals surface area contributed by atoms with Gasteiger partial charge in [-0.25, -0.2) is 4.79 Å². The number of aldehydes is 1. The van der Waals surface area contributed by atoms with Gasteiger partial charge in [-0.2, -0.15) is 0 Å². The molecule has 0 amide bonds. The molecule has 1 N–H and O–H groups in total. The molecule has 0 radical (unpaired) electrons. The highest BCUT2D eigenvalue weighted by atomic mass is 16.5. The topological polar surface area (TPSA) is 68.5 Å². The van der Waals surface area contributed by atoms with Gasteiger partial charge in [-0.1, -0.05) is 51.1 Å². The third-order valence-corrected chi connectivity index (χ3v) is 5.88. The first-order valence-corrected chi connectivity index (χ1v) is 11.3. The zero-order valence-electron chi connectivity index (χ0n) is 20.1. The molecule has 3 aromatic carbocycles. The highest BCUT2D eigenvalue weighted by molar-refractivity contribution is 6.10. The minimum atomic E-state index is -1.16. The molecule has 0 spiro atoms. The number of aromatic nitrogens is 1. The van der Waals surface area contributed by atoms with Crippen LogP contribution < -0.4 is 4.74 Å². The number of carbonyl (C=O) groups is 2. The summed E-state index contributed by atoms with van der Waals surface area (Å²) < 4.78 is 7.33. The van der Waals surface area contributed by atoms with Gasteiger partial charge in [0.15, 0.2) is 6.29 Å². The monoisotopic (exact) mass is 455 g/mol. The van der Waals surface area contributed by atoms with Crippen LogP contribution in [0.15, 0.2) is 66.7 Å². The van der Waals surface area contributed by atoms with Crippen molar-refractivity contribution in [3.63, 3.8) is 0 Å². The second-order valence-electron chi connectivity index (χ2n) is 9.74. The Labute approximate surface area is 199 Å². The van der Waals surface area contributed by atoms with Gasteiger partial charge >= 0.3 is 5.97 Å². The van der Waals surface area contributed by atoms with Crippen molar-refractivity contribution in [1.29, 1.82) is 0 Å². The van der Waals surface area contributed by atoms with Crippen molar-refractivity contribution in [2.24, 2.45) is 0 Å². The average Bonchev–Trinajstić information content (AvgIpc) is 3.12. The molecule has 0 unspecified atom stereocenters. The van der Waals surface area contributed by atoms with Crippen molar-refractivity contribution < 1.29 is 19.4 Å². The summed E-state index contributed by atoms with van der Waals surface area (Å²) in [6.07, 6.45) is 0.663. The molecule has 1 heterocycles. The molecular weight excluding hydrogens is 426 g/mol. The zero-order valence-corrected chi connectivity index (χ0v) is 20.1. The van der Waals surface area contributed by atoms with E-state index in [0.29, 0.717) is 28.6 Å². The van der Waals surface area contributed by atoms with Crippen LogP contribution >= 0.6 is 0 Å². The molecule has 0 fully saturated rings. The van der Waals surface area contributed by atoms with Crippen LogP contribution in [-0.2, 0) is 5.41 Å². The maximum absolute atomic E-state index is 12.2. The van der Waals surface area contributed by atoms with Crippen molar-refractivity contribution in [1.82, 2.24) is 4.57 Å². The number of hydrogen-bond acceptors (Lipinski definition) is 3. The fourth-order valence-electron chi connectivity index (χ4n) is 4.20. The van der Waals surface area contributed by atoms with Gasteiger partial charge in [0.2, 0.25) is 0 Å². The third-order valence-electron chi connectivity index (χ3n) is 5.88. The van der Waals surface area contributed by atoms with Crippen LogP contribution in [0.1, 0.15) is 61.0 Å². The first-order chi connectivity index (χ1) is 16.1. The van der Waals surface area contributed by atoms with Gasteiger partial charge in [0.25, 0.3) is 0 Å². The standard InChI is InChI=1S/C29H29NO4/c1-18(2)34-23-13-11-22(12-14-23)30-26-15-8-20(16-24(26)25(17-31)27(30)28(32)33)19-6-9-21(10-7-19)29(3,4)5/h6-18H,1-5H3,(H,32,33). The fourth-order valence-corrected chi connectivity index (χ4v) is 4.20. The molecule has 0 aliphatic carbocycles. The molecule has 0 aliphatic heterocycles. The molecule has 174 valence electrons. The number of carbonyl (C=O) groups excluding carboxylic acids is 1. The van der Waals surface area contributed by atoms with Gasteiger partial charge in [-0.05, 0) is 72.4 Å². The fraction of sp³-hybridized carbons (Fsp3) is 0.241. The summed E-state index contributed by atoms with van der Waals surface area (Å²) >= 11 is 0. The Morgan fingerprint density at radius 3 is 2.09 bits per heavy atom. The Morgan fingerprint density at radius 1 is 0.941 bits per heavy atom. The molecule has 0 aliphatic rings. The van der Waals surface area contributed by atoms with E-state index in [1.807, 2.05) is 32.0 Å². The van der Waals surface area contributed by atoms with Gasteiger partial charge in [0.1, 0.15) is 11.4 Å². The molecule has 5 heteroatoms. The molecule has 4 rings (SSSR count). The molecule has 4 aromatic rings. The van der Waals surface area contributed by atoms with Crippen molar-refractivity contribution in [3.05, 3.63) is 83.6 Å². The van der Waals surface area contributed by atoms with Crippen LogP contribution in [0.3, 0.4) is 0 Å². The number of rotatable bonds is 6. The van der Waals surface area contributed by atoms with E-state index < -0.39 is 5.97 Å². The summed E-state index contributed by atoms with van der Waals surface area (Å²) in [5, 5.41) is 10.6. The van der Waals surface area contributed by atoms with Crippen LogP contribution in [-0.4, -0.2) is 28.0 Å². The van der Waals surface area contributed by atoms with E-state index >= 15 is 0 Å². The van der Waals surface area contributed by atoms with E-state index in [9.17, 15) is 14.7 Å². The predicted octanol–water partition coefficient (Wildman–Crippen LogP) is 6.89. The number of aromatic carboxylic acids is 1. The molecule has 1 aromatic heterocycles. The number of nitrogens with zero attached hydrogens (tertiary/aromatic N) is 1. The lowest BCUT2D eigenvalue weighted by Gasteiger charge is -2.19. The SMILES string of the molecule is CC(C)Oc1ccc(-n2c(C(=O)O)c(C=O)c3cc(-c4ccc(C(C)(C)C)cc4)ccc32)cc1. The lowest BCUT2D eigenvalue weighted by molar-refractivity contribution is 0.0685. The summed E-state index contributed by atoms with van der Waals surface area (Å²) in [5.74, 6) is -0.458. The maximum Gasteiger partial charge on any atom is 0.353 e. The minimum Gasteiger partial charge on any atom is -0.491 e. The molecule has 0 saturated carbocycles. The Kier molecular flexibility index (Phi) is 6.05. The van der Waals surface area contributed by atoms with Crippen molar-refractivity contribution in [2.75, 3.05) is 0 Å². The van der Waals surface area contributed by atoms with Crippen molar-refractivity contribution >= 4 is 23.2 Å². The minimum absolute atomic E-state index is 0.0328. The number of carboxylic acid groups (broad SMARTS) is 1. The van der Waals surface area contributed by atoms with Crippen LogP contribution in [0.4, 0.5) is 0 Å². The van der Waals surface area contributed by atoms with Gasteiger partial charge in [0, 0.05) is 11.1 Å².